The van der Waals surface area contributed by atoms with Gasteiger partial charge in [0.25, 0.3) is 0 Å². The van der Waals surface area contributed by atoms with Crippen LogP contribution in [0.4, 0.5) is 10.1 Å². The highest BCUT2D eigenvalue weighted by molar-refractivity contribution is 9.10. The van der Waals surface area contributed by atoms with Gasteiger partial charge in [-0.05, 0) is 28.1 Å². The molecule has 0 aliphatic heterocycles. The summed E-state index contributed by atoms with van der Waals surface area (Å²) in [5.74, 6) is -1.01. The van der Waals surface area contributed by atoms with Gasteiger partial charge in [0.15, 0.2) is 0 Å². The number of rotatable bonds is 2. The number of ether oxygens (including phenoxy) is 1. The minimum atomic E-state index is -0.562. The highest BCUT2D eigenvalue weighted by atomic mass is 79.9. The topological polar surface area (TPSA) is 51.2 Å². The number of anilines is 1. The molecule has 1 aromatic heterocycles. The average Bonchev–Trinajstić information content (AvgIpc) is 2.40. The average molecular weight is 313 g/mol. The summed E-state index contributed by atoms with van der Waals surface area (Å²) in [5.41, 5.74) is 1.02. The van der Waals surface area contributed by atoms with E-state index in [-0.39, 0.29) is 10.9 Å². The lowest BCUT2D eigenvalue weighted by Gasteiger charge is -2.11. The summed E-state index contributed by atoms with van der Waals surface area (Å²) in [6.45, 7) is 0. The molecular weight excluding hydrogens is 303 g/mol. The summed E-state index contributed by atoms with van der Waals surface area (Å²) in [6.07, 6.45) is 1.37. The fourth-order valence-corrected chi connectivity index (χ4v) is 2.19. The number of carbonyl (C=O) groups excluding carboxylic acids is 1. The Labute approximate surface area is 111 Å². The molecule has 0 saturated heterocycles. The van der Waals surface area contributed by atoms with E-state index < -0.39 is 11.8 Å². The minimum absolute atomic E-state index is 0.199. The molecule has 18 heavy (non-hydrogen) atoms. The van der Waals surface area contributed by atoms with Crippen molar-refractivity contribution >= 4 is 38.5 Å². The van der Waals surface area contributed by atoms with Crippen molar-refractivity contribution in [2.75, 3.05) is 19.5 Å². The van der Waals surface area contributed by atoms with Gasteiger partial charge in [0.1, 0.15) is 11.4 Å². The number of aromatic nitrogens is 1. The highest BCUT2D eigenvalue weighted by Gasteiger charge is 2.18. The Morgan fingerprint density at radius 1 is 1.50 bits per heavy atom. The van der Waals surface area contributed by atoms with E-state index in [1.165, 1.54) is 19.4 Å². The standard InChI is InChI=1S/C12H10BrFN2O2/c1-15-10-6(12(17)18-2)5-16-11-7(13)3-4-8(14)9(10)11/h3-5H,1-2H3,(H,15,16). The molecule has 0 radical (unpaired) electrons. The SMILES string of the molecule is CNc1c(C(=O)OC)cnc2c(Br)ccc(F)c12. The molecular formula is C12H10BrFN2O2. The summed E-state index contributed by atoms with van der Waals surface area (Å²) in [7, 11) is 2.88. The molecule has 0 atom stereocenters. The van der Waals surface area contributed by atoms with Gasteiger partial charge in [-0.2, -0.15) is 0 Å². The number of carbonyl (C=O) groups is 1. The number of pyridine rings is 1. The van der Waals surface area contributed by atoms with Crippen molar-refractivity contribution in [3.8, 4) is 0 Å². The Bertz CT molecular complexity index is 631. The van der Waals surface area contributed by atoms with Crippen molar-refractivity contribution < 1.29 is 13.9 Å². The zero-order valence-corrected chi connectivity index (χ0v) is 11.3. The maximum absolute atomic E-state index is 13.9. The second-order valence-electron chi connectivity index (χ2n) is 3.54. The number of methoxy groups -OCH3 is 1. The van der Waals surface area contributed by atoms with Crippen LogP contribution in [0.25, 0.3) is 10.9 Å². The Morgan fingerprint density at radius 2 is 2.22 bits per heavy atom. The molecule has 0 aliphatic rings. The molecule has 1 heterocycles. The van der Waals surface area contributed by atoms with Crippen LogP contribution in [0.2, 0.25) is 0 Å². The van der Waals surface area contributed by atoms with Gasteiger partial charge >= 0.3 is 5.97 Å². The molecule has 2 rings (SSSR count). The summed E-state index contributed by atoms with van der Waals surface area (Å²) in [5, 5.41) is 3.08. The van der Waals surface area contributed by atoms with E-state index in [0.29, 0.717) is 15.7 Å². The van der Waals surface area contributed by atoms with E-state index >= 15 is 0 Å². The van der Waals surface area contributed by atoms with E-state index in [1.807, 2.05) is 0 Å². The minimum Gasteiger partial charge on any atom is -0.465 e. The number of nitrogens with one attached hydrogen (secondary N) is 1. The Kier molecular flexibility index (Phi) is 3.47. The quantitative estimate of drug-likeness (QED) is 0.866. The third-order valence-corrected chi connectivity index (χ3v) is 3.22. The third-order valence-electron chi connectivity index (χ3n) is 2.58. The van der Waals surface area contributed by atoms with E-state index in [9.17, 15) is 9.18 Å². The molecule has 0 saturated carbocycles. The highest BCUT2D eigenvalue weighted by Crippen LogP contribution is 2.32. The molecule has 94 valence electrons. The van der Waals surface area contributed by atoms with Crippen LogP contribution in [-0.2, 0) is 4.74 Å². The monoisotopic (exact) mass is 312 g/mol. The van der Waals surface area contributed by atoms with Gasteiger partial charge in [0.05, 0.1) is 23.7 Å². The fraction of sp³-hybridized carbons (Fsp3) is 0.167. The number of fused-ring (bicyclic) bond motifs is 1. The molecule has 6 heteroatoms. The van der Waals surface area contributed by atoms with E-state index in [0.717, 1.165) is 0 Å². The number of nitrogens with zero attached hydrogens (tertiary/aromatic N) is 1. The van der Waals surface area contributed by atoms with Crippen LogP contribution >= 0.6 is 15.9 Å². The number of hydrogen-bond donors (Lipinski definition) is 1. The van der Waals surface area contributed by atoms with Crippen LogP contribution < -0.4 is 5.32 Å². The lowest BCUT2D eigenvalue weighted by molar-refractivity contribution is 0.0601. The van der Waals surface area contributed by atoms with Gasteiger partial charge < -0.3 is 10.1 Å². The normalized spacial score (nSPS) is 10.4. The lowest BCUT2D eigenvalue weighted by atomic mass is 10.1. The van der Waals surface area contributed by atoms with Gasteiger partial charge in [-0.15, -0.1) is 0 Å². The van der Waals surface area contributed by atoms with Crippen molar-refractivity contribution in [1.82, 2.24) is 4.98 Å². The predicted molar refractivity (Wildman–Crippen MR) is 70.3 cm³/mol. The Morgan fingerprint density at radius 3 is 2.83 bits per heavy atom. The molecule has 1 aromatic carbocycles. The molecule has 0 fully saturated rings. The summed E-state index contributed by atoms with van der Waals surface area (Å²) in [6, 6.07) is 2.89. The number of halogens is 2. The zero-order valence-electron chi connectivity index (χ0n) is 9.75. The zero-order chi connectivity index (χ0) is 13.3. The van der Waals surface area contributed by atoms with Gasteiger partial charge in [0, 0.05) is 17.7 Å². The predicted octanol–water partition coefficient (Wildman–Crippen LogP) is 2.96. The van der Waals surface area contributed by atoms with Crippen LogP contribution in [0.5, 0.6) is 0 Å². The van der Waals surface area contributed by atoms with E-state index in [1.54, 1.807) is 13.1 Å². The first-order valence-corrected chi connectivity index (χ1v) is 5.92. The Balaban J connectivity index is 2.87. The van der Waals surface area contributed by atoms with Crippen LogP contribution in [-0.4, -0.2) is 25.1 Å². The lowest BCUT2D eigenvalue weighted by Crippen LogP contribution is -2.08. The van der Waals surface area contributed by atoms with E-state index in [4.69, 9.17) is 0 Å². The Hall–Kier alpha value is -1.69. The van der Waals surface area contributed by atoms with Gasteiger partial charge in [-0.3, -0.25) is 4.98 Å². The van der Waals surface area contributed by atoms with E-state index in [2.05, 4.69) is 31.0 Å². The molecule has 0 unspecified atom stereocenters. The molecule has 4 nitrogen and oxygen atoms in total. The van der Waals surface area contributed by atoms with Crippen LogP contribution in [0, 0.1) is 5.82 Å². The maximum Gasteiger partial charge on any atom is 0.341 e. The van der Waals surface area contributed by atoms with Crippen LogP contribution in [0.1, 0.15) is 10.4 Å². The van der Waals surface area contributed by atoms with Gasteiger partial charge in [-0.1, -0.05) is 0 Å². The summed E-state index contributed by atoms with van der Waals surface area (Å²) >= 11 is 3.30. The molecule has 0 spiro atoms. The molecule has 0 amide bonds. The number of esters is 1. The summed E-state index contributed by atoms with van der Waals surface area (Å²) in [4.78, 5) is 15.7. The smallest absolute Gasteiger partial charge is 0.341 e. The molecule has 1 N–H and O–H groups in total. The second-order valence-corrected chi connectivity index (χ2v) is 4.40. The number of benzene rings is 1. The first kappa shape index (κ1) is 12.8. The first-order chi connectivity index (χ1) is 8.60. The molecule has 2 aromatic rings. The van der Waals surface area contributed by atoms with Gasteiger partial charge in [0.2, 0.25) is 0 Å². The maximum atomic E-state index is 13.9. The van der Waals surface area contributed by atoms with Crippen molar-refractivity contribution in [2.45, 2.75) is 0 Å². The van der Waals surface area contributed by atoms with Gasteiger partial charge in [-0.25, -0.2) is 9.18 Å². The third kappa shape index (κ3) is 1.92. The number of hydrogen-bond acceptors (Lipinski definition) is 4. The fourth-order valence-electron chi connectivity index (χ4n) is 1.76. The second kappa shape index (κ2) is 4.89. The van der Waals surface area contributed by atoms with Crippen molar-refractivity contribution in [3.05, 3.63) is 34.2 Å². The van der Waals surface area contributed by atoms with Crippen molar-refractivity contribution in [3.63, 3.8) is 0 Å². The molecule has 0 bridgehead atoms. The molecule has 0 aliphatic carbocycles. The first-order valence-electron chi connectivity index (χ1n) is 5.13. The largest absolute Gasteiger partial charge is 0.465 e. The van der Waals surface area contributed by atoms with Crippen molar-refractivity contribution in [1.29, 1.82) is 0 Å². The van der Waals surface area contributed by atoms with Crippen LogP contribution in [0.15, 0.2) is 22.8 Å². The summed E-state index contributed by atoms with van der Waals surface area (Å²) < 4.78 is 19.2. The van der Waals surface area contributed by atoms with Crippen LogP contribution in [0.3, 0.4) is 0 Å². The van der Waals surface area contributed by atoms with Crippen molar-refractivity contribution in [2.24, 2.45) is 0 Å².